The number of nitro groups is 1. The van der Waals surface area contributed by atoms with Crippen LogP contribution in [0.25, 0.3) is 0 Å². The molecule has 1 fully saturated rings. The molecule has 1 aliphatic rings. The van der Waals surface area contributed by atoms with Crippen molar-refractivity contribution in [3.8, 4) is 0 Å². The number of anilines is 1. The molecule has 2 N–H and O–H groups in total. The summed E-state index contributed by atoms with van der Waals surface area (Å²) < 4.78 is 23.3. The Morgan fingerprint density at radius 1 is 1.43 bits per heavy atom. The number of hydrogen-bond acceptors (Lipinski definition) is 6. The number of piperidine rings is 1. The third-order valence-electron chi connectivity index (χ3n) is 3.21. The van der Waals surface area contributed by atoms with E-state index in [0.29, 0.717) is 19.4 Å². The molecule has 1 atom stereocenters. The first-order chi connectivity index (χ1) is 9.79. The lowest BCUT2D eigenvalue weighted by Crippen LogP contribution is -2.42. The number of amides is 1. The van der Waals surface area contributed by atoms with Crippen molar-refractivity contribution in [3.05, 3.63) is 28.3 Å². The summed E-state index contributed by atoms with van der Waals surface area (Å²) in [5, 5.41) is 16.8. The normalized spacial score (nSPS) is 18.9. The molecule has 1 amide bonds. The summed E-state index contributed by atoms with van der Waals surface area (Å²) in [6.45, 7) is 0.346. The predicted octanol–water partition coefficient (Wildman–Crippen LogP) is 0.689. The van der Waals surface area contributed by atoms with Crippen molar-refractivity contribution in [2.24, 2.45) is 0 Å². The molecule has 9 heteroatoms. The van der Waals surface area contributed by atoms with Gasteiger partial charge in [-0.1, -0.05) is 6.07 Å². The molecule has 1 unspecified atom stereocenters. The quantitative estimate of drug-likeness (QED) is 0.623. The topological polar surface area (TPSA) is 118 Å². The first kappa shape index (κ1) is 15.2. The zero-order valence-electron chi connectivity index (χ0n) is 11.3. The minimum absolute atomic E-state index is 0.0626. The summed E-state index contributed by atoms with van der Waals surface area (Å²) in [5.74, 6) is -0.0626. The molecular weight excluding hydrogens is 298 g/mol. The summed E-state index contributed by atoms with van der Waals surface area (Å²) in [7, 11) is -3.70. The lowest BCUT2D eigenvalue weighted by Gasteiger charge is -2.24. The number of para-hydroxylation sites is 1. The average Bonchev–Trinajstić information content (AvgIpc) is 2.40. The van der Waals surface area contributed by atoms with E-state index >= 15 is 0 Å². The SMILES string of the molecule is CS(=O)(=O)c1cccc(NC2CCC(=O)NC2)c1[N+](=O)[O-]. The van der Waals surface area contributed by atoms with Gasteiger partial charge in [0.05, 0.1) is 4.92 Å². The summed E-state index contributed by atoms with van der Waals surface area (Å²) >= 11 is 0. The van der Waals surface area contributed by atoms with E-state index in [4.69, 9.17) is 0 Å². The van der Waals surface area contributed by atoms with Crippen LogP contribution in [0.5, 0.6) is 0 Å². The van der Waals surface area contributed by atoms with Gasteiger partial charge in [0.2, 0.25) is 5.91 Å². The molecule has 1 aromatic carbocycles. The fraction of sp³-hybridized carbons (Fsp3) is 0.417. The van der Waals surface area contributed by atoms with E-state index in [1.807, 2.05) is 0 Å². The first-order valence-corrected chi connectivity index (χ1v) is 8.19. The van der Waals surface area contributed by atoms with Crippen molar-refractivity contribution in [3.63, 3.8) is 0 Å². The van der Waals surface area contributed by atoms with Gasteiger partial charge in [-0.3, -0.25) is 14.9 Å². The minimum atomic E-state index is -3.70. The number of sulfone groups is 1. The zero-order chi connectivity index (χ0) is 15.6. The number of rotatable bonds is 4. The van der Waals surface area contributed by atoms with Crippen molar-refractivity contribution in [2.75, 3.05) is 18.1 Å². The van der Waals surface area contributed by atoms with Crippen LogP contribution in [0.4, 0.5) is 11.4 Å². The first-order valence-electron chi connectivity index (χ1n) is 6.29. The van der Waals surface area contributed by atoms with Crippen molar-refractivity contribution in [1.82, 2.24) is 5.32 Å². The molecular formula is C12H15N3O5S. The van der Waals surface area contributed by atoms with Gasteiger partial charge in [0.15, 0.2) is 9.84 Å². The lowest BCUT2D eigenvalue weighted by atomic mass is 10.1. The van der Waals surface area contributed by atoms with E-state index < -0.39 is 20.4 Å². The van der Waals surface area contributed by atoms with E-state index in [0.717, 1.165) is 6.26 Å². The van der Waals surface area contributed by atoms with Crippen LogP contribution in [0.1, 0.15) is 12.8 Å². The van der Waals surface area contributed by atoms with Crippen molar-refractivity contribution in [1.29, 1.82) is 0 Å². The Balaban J connectivity index is 2.35. The molecule has 21 heavy (non-hydrogen) atoms. The number of nitro benzene ring substituents is 1. The van der Waals surface area contributed by atoms with Gasteiger partial charge >= 0.3 is 5.69 Å². The maximum Gasteiger partial charge on any atom is 0.310 e. The monoisotopic (exact) mass is 313 g/mol. The fourth-order valence-corrected chi connectivity index (χ4v) is 3.06. The zero-order valence-corrected chi connectivity index (χ0v) is 12.1. The number of nitrogens with zero attached hydrogens (tertiary/aromatic N) is 1. The summed E-state index contributed by atoms with van der Waals surface area (Å²) in [6, 6.07) is 3.95. The molecule has 1 heterocycles. The third-order valence-corrected chi connectivity index (χ3v) is 4.33. The molecule has 114 valence electrons. The molecule has 8 nitrogen and oxygen atoms in total. The molecule has 0 aromatic heterocycles. The van der Waals surface area contributed by atoms with Crippen molar-refractivity contribution < 1.29 is 18.1 Å². The smallest absolute Gasteiger partial charge is 0.310 e. The standard InChI is InChI=1S/C12H15N3O5S/c1-21(19,20)10-4-2-3-9(12(10)15(17)18)14-8-5-6-11(16)13-7-8/h2-4,8,14H,5-7H2,1H3,(H,13,16). The van der Waals surface area contributed by atoms with Crippen LogP contribution in [0.15, 0.2) is 23.1 Å². The highest BCUT2D eigenvalue weighted by atomic mass is 32.2. The van der Waals surface area contributed by atoms with Crippen LogP contribution < -0.4 is 10.6 Å². The van der Waals surface area contributed by atoms with Crippen LogP contribution in [0.3, 0.4) is 0 Å². The third kappa shape index (κ3) is 3.48. The number of hydrogen-bond donors (Lipinski definition) is 2. The molecule has 1 aromatic rings. The van der Waals surface area contributed by atoms with Crippen LogP contribution in [-0.2, 0) is 14.6 Å². The van der Waals surface area contributed by atoms with E-state index in [1.54, 1.807) is 0 Å². The average molecular weight is 313 g/mol. The summed E-state index contributed by atoms with van der Waals surface area (Å²) in [5.41, 5.74) is -0.319. The predicted molar refractivity (Wildman–Crippen MR) is 75.9 cm³/mol. The molecule has 0 bridgehead atoms. The fourth-order valence-electron chi connectivity index (χ4n) is 2.20. The maximum atomic E-state index is 11.7. The summed E-state index contributed by atoms with van der Waals surface area (Å²) in [6.07, 6.45) is 1.79. The molecule has 0 saturated carbocycles. The van der Waals surface area contributed by atoms with Crippen LogP contribution in [0, 0.1) is 10.1 Å². The van der Waals surface area contributed by atoms with E-state index in [2.05, 4.69) is 10.6 Å². The van der Waals surface area contributed by atoms with E-state index in [-0.39, 0.29) is 22.5 Å². The second-order valence-electron chi connectivity index (χ2n) is 4.87. The molecule has 1 saturated heterocycles. The highest BCUT2D eigenvalue weighted by molar-refractivity contribution is 7.90. The van der Waals surface area contributed by atoms with Crippen molar-refractivity contribution >= 4 is 27.1 Å². The van der Waals surface area contributed by atoms with Gasteiger partial charge in [0.25, 0.3) is 0 Å². The molecule has 0 radical (unpaired) electrons. The lowest BCUT2D eigenvalue weighted by molar-refractivity contribution is -0.386. The van der Waals surface area contributed by atoms with E-state index in [1.165, 1.54) is 18.2 Å². The Kier molecular flexibility index (Phi) is 4.12. The minimum Gasteiger partial charge on any atom is -0.375 e. The molecule has 0 spiro atoms. The Hall–Kier alpha value is -2.16. The largest absolute Gasteiger partial charge is 0.375 e. The highest BCUT2D eigenvalue weighted by Crippen LogP contribution is 2.32. The van der Waals surface area contributed by atoms with Gasteiger partial charge in [0, 0.05) is 25.3 Å². The van der Waals surface area contributed by atoms with Gasteiger partial charge in [-0.15, -0.1) is 0 Å². The number of carbonyl (C=O) groups excluding carboxylic acids is 1. The van der Waals surface area contributed by atoms with Gasteiger partial charge in [-0.2, -0.15) is 0 Å². The number of carbonyl (C=O) groups is 1. The van der Waals surface area contributed by atoms with Crippen LogP contribution in [-0.4, -0.2) is 38.1 Å². The Morgan fingerprint density at radius 3 is 2.67 bits per heavy atom. The van der Waals surface area contributed by atoms with Gasteiger partial charge in [-0.25, -0.2) is 8.42 Å². The highest BCUT2D eigenvalue weighted by Gasteiger charge is 2.28. The Bertz CT molecular complexity index is 676. The van der Waals surface area contributed by atoms with E-state index in [9.17, 15) is 23.3 Å². The second kappa shape index (κ2) is 5.68. The Morgan fingerprint density at radius 2 is 2.14 bits per heavy atom. The molecule has 0 aliphatic carbocycles. The summed E-state index contributed by atoms with van der Waals surface area (Å²) in [4.78, 5) is 21.3. The number of benzene rings is 1. The van der Waals surface area contributed by atoms with Crippen LogP contribution >= 0.6 is 0 Å². The Labute approximate surface area is 121 Å². The molecule has 2 rings (SSSR count). The second-order valence-corrected chi connectivity index (χ2v) is 6.85. The van der Waals surface area contributed by atoms with Gasteiger partial charge in [0.1, 0.15) is 10.6 Å². The van der Waals surface area contributed by atoms with Crippen LogP contribution in [0.2, 0.25) is 0 Å². The maximum absolute atomic E-state index is 11.7. The number of nitrogens with one attached hydrogen (secondary N) is 2. The molecule has 1 aliphatic heterocycles. The van der Waals surface area contributed by atoms with Crippen molar-refractivity contribution in [2.45, 2.75) is 23.8 Å². The van der Waals surface area contributed by atoms with Gasteiger partial charge < -0.3 is 10.6 Å². The van der Waals surface area contributed by atoms with Gasteiger partial charge in [-0.05, 0) is 18.6 Å².